The van der Waals surface area contributed by atoms with E-state index in [0.29, 0.717) is 36.0 Å². The Balaban J connectivity index is 1.95. The number of carbonyl (C=O) groups excluding carboxylic acids is 2. The Bertz CT molecular complexity index is 816. The van der Waals surface area contributed by atoms with E-state index < -0.39 is 11.9 Å². The summed E-state index contributed by atoms with van der Waals surface area (Å²) in [6.45, 7) is 8.25. The number of ether oxygens (including phenoxy) is 3. The Hall–Kier alpha value is -3.02. The van der Waals surface area contributed by atoms with Crippen LogP contribution in [0.5, 0.6) is 11.5 Å². The van der Waals surface area contributed by atoms with E-state index >= 15 is 0 Å². The minimum absolute atomic E-state index is 0.372. The average molecular weight is 371 g/mol. The van der Waals surface area contributed by atoms with Crippen LogP contribution in [0.25, 0.3) is 0 Å². The third-order valence-electron chi connectivity index (χ3n) is 3.90. The predicted molar refractivity (Wildman–Crippen MR) is 104 cm³/mol. The van der Waals surface area contributed by atoms with Crippen LogP contribution in [0.3, 0.4) is 0 Å². The molecule has 0 unspecified atom stereocenters. The van der Waals surface area contributed by atoms with Crippen molar-refractivity contribution in [3.8, 4) is 11.5 Å². The molecular formula is C21H25NO5. The molecule has 6 nitrogen and oxygen atoms in total. The van der Waals surface area contributed by atoms with Crippen LogP contribution in [0.1, 0.15) is 35.3 Å². The Morgan fingerprint density at radius 1 is 0.889 bits per heavy atom. The summed E-state index contributed by atoms with van der Waals surface area (Å²) in [6, 6.07) is 10.4. The summed E-state index contributed by atoms with van der Waals surface area (Å²) in [6.07, 6.45) is 0. The van der Waals surface area contributed by atoms with Crippen molar-refractivity contribution in [2.45, 2.75) is 27.7 Å². The molecule has 0 aliphatic carbocycles. The van der Waals surface area contributed by atoms with E-state index in [-0.39, 0.29) is 6.61 Å². The smallest absolute Gasteiger partial charge is 0.338 e. The van der Waals surface area contributed by atoms with E-state index in [9.17, 15) is 9.59 Å². The molecule has 0 heterocycles. The van der Waals surface area contributed by atoms with Gasteiger partial charge in [0.2, 0.25) is 0 Å². The number of esters is 1. The summed E-state index contributed by atoms with van der Waals surface area (Å²) >= 11 is 0. The molecule has 144 valence electrons. The van der Waals surface area contributed by atoms with Crippen LogP contribution in [-0.4, -0.2) is 31.7 Å². The molecule has 0 saturated carbocycles. The topological polar surface area (TPSA) is 73.9 Å². The number of hydrogen-bond donors (Lipinski definition) is 1. The molecule has 0 fully saturated rings. The highest BCUT2D eigenvalue weighted by Crippen LogP contribution is 2.30. The summed E-state index contributed by atoms with van der Waals surface area (Å²) in [5.74, 6) is 0.191. The summed E-state index contributed by atoms with van der Waals surface area (Å²) < 4.78 is 16.1. The Labute approximate surface area is 159 Å². The van der Waals surface area contributed by atoms with Crippen molar-refractivity contribution in [2.24, 2.45) is 0 Å². The van der Waals surface area contributed by atoms with Gasteiger partial charge in [0.25, 0.3) is 5.91 Å². The number of benzene rings is 2. The Morgan fingerprint density at radius 2 is 1.59 bits per heavy atom. The van der Waals surface area contributed by atoms with Gasteiger partial charge in [-0.25, -0.2) is 4.79 Å². The molecule has 6 heteroatoms. The summed E-state index contributed by atoms with van der Waals surface area (Å²) in [4.78, 5) is 24.2. The molecule has 0 saturated heterocycles. The Kier molecular flexibility index (Phi) is 7.23. The number of hydrogen-bond acceptors (Lipinski definition) is 5. The molecule has 0 aromatic heterocycles. The maximum Gasteiger partial charge on any atom is 0.338 e. The lowest BCUT2D eigenvalue weighted by molar-refractivity contribution is -0.119. The fourth-order valence-electron chi connectivity index (χ4n) is 2.41. The molecule has 0 atom stereocenters. The Morgan fingerprint density at radius 3 is 2.26 bits per heavy atom. The molecule has 0 radical (unpaired) electrons. The van der Waals surface area contributed by atoms with E-state index in [4.69, 9.17) is 14.2 Å². The minimum atomic E-state index is -0.532. The molecule has 27 heavy (non-hydrogen) atoms. The standard InChI is InChI=1S/C21H25NO5/c1-5-25-18-10-9-17(12-19(18)26-6-2)22-20(23)13-27-21(24)16-8-7-14(3)15(4)11-16/h7-12H,5-6,13H2,1-4H3,(H,22,23). The number of amides is 1. The van der Waals surface area contributed by atoms with Crippen LogP contribution in [0.15, 0.2) is 36.4 Å². The second-order valence-electron chi connectivity index (χ2n) is 5.95. The van der Waals surface area contributed by atoms with E-state index in [1.165, 1.54) is 0 Å². The third kappa shape index (κ3) is 5.74. The molecule has 0 spiro atoms. The van der Waals surface area contributed by atoms with Crippen LogP contribution < -0.4 is 14.8 Å². The van der Waals surface area contributed by atoms with Crippen molar-refractivity contribution in [1.82, 2.24) is 0 Å². The van der Waals surface area contributed by atoms with Gasteiger partial charge in [-0.05, 0) is 63.1 Å². The monoisotopic (exact) mass is 371 g/mol. The first kappa shape index (κ1) is 20.3. The molecular weight excluding hydrogens is 346 g/mol. The van der Waals surface area contributed by atoms with Crippen molar-refractivity contribution >= 4 is 17.6 Å². The van der Waals surface area contributed by atoms with Crippen molar-refractivity contribution in [1.29, 1.82) is 0 Å². The van der Waals surface area contributed by atoms with Gasteiger partial charge in [-0.1, -0.05) is 6.07 Å². The maximum atomic E-state index is 12.1. The van der Waals surface area contributed by atoms with Crippen molar-refractivity contribution in [3.63, 3.8) is 0 Å². The van der Waals surface area contributed by atoms with Crippen LogP contribution in [0.4, 0.5) is 5.69 Å². The van der Waals surface area contributed by atoms with Crippen LogP contribution >= 0.6 is 0 Å². The van der Waals surface area contributed by atoms with Crippen molar-refractivity contribution < 1.29 is 23.8 Å². The zero-order valence-electron chi connectivity index (χ0n) is 16.1. The lowest BCUT2D eigenvalue weighted by Crippen LogP contribution is -2.21. The first-order valence-corrected chi connectivity index (χ1v) is 8.88. The first-order chi connectivity index (χ1) is 12.9. The van der Waals surface area contributed by atoms with E-state index in [0.717, 1.165) is 11.1 Å². The van der Waals surface area contributed by atoms with E-state index in [2.05, 4.69) is 5.32 Å². The van der Waals surface area contributed by atoms with Gasteiger partial charge in [-0.3, -0.25) is 4.79 Å². The largest absolute Gasteiger partial charge is 0.490 e. The second-order valence-corrected chi connectivity index (χ2v) is 5.95. The SMILES string of the molecule is CCOc1ccc(NC(=O)COC(=O)c2ccc(C)c(C)c2)cc1OCC. The lowest BCUT2D eigenvalue weighted by atomic mass is 10.1. The second kappa shape index (κ2) is 9.62. The highest BCUT2D eigenvalue weighted by atomic mass is 16.5. The number of rotatable bonds is 8. The molecule has 2 rings (SSSR count). The zero-order valence-corrected chi connectivity index (χ0v) is 16.1. The lowest BCUT2D eigenvalue weighted by Gasteiger charge is -2.13. The van der Waals surface area contributed by atoms with Crippen LogP contribution in [0, 0.1) is 13.8 Å². The highest BCUT2D eigenvalue weighted by molar-refractivity contribution is 5.95. The van der Waals surface area contributed by atoms with Gasteiger partial charge < -0.3 is 19.5 Å². The number of carbonyl (C=O) groups is 2. The number of anilines is 1. The van der Waals surface area contributed by atoms with Gasteiger partial charge >= 0.3 is 5.97 Å². The molecule has 0 aliphatic rings. The van der Waals surface area contributed by atoms with Gasteiger partial charge in [-0.15, -0.1) is 0 Å². The summed E-state index contributed by atoms with van der Waals surface area (Å²) in [5.41, 5.74) is 3.04. The fraction of sp³-hybridized carbons (Fsp3) is 0.333. The van der Waals surface area contributed by atoms with Gasteiger partial charge in [0.05, 0.1) is 18.8 Å². The number of aryl methyl sites for hydroxylation is 2. The third-order valence-corrected chi connectivity index (χ3v) is 3.90. The maximum absolute atomic E-state index is 12.1. The number of nitrogens with one attached hydrogen (secondary N) is 1. The van der Waals surface area contributed by atoms with Crippen LogP contribution in [-0.2, 0) is 9.53 Å². The highest BCUT2D eigenvalue weighted by Gasteiger charge is 2.12. The molecule has 0 bridgehead atoms. The van der Waals surface area contributed by atoms with E-state index in [1.54, 1.807) is 30.3 Å². The van der Waals surface area contributed by atoms with Gasteiger partial charge in [0, 0.05) is 11.8 Å². The molecule has 1 N–H and O–H groups in total. The first-order valence-electron chi connectivity index (χ1n) is 8.88. The van der Waals surface area contributed by atoms with Crippen LogP contribution in [0.2, 0.25) is 0 Å². The average Bonchev–Trinajstić information content (AvgIpc) is 2.64. The molecule has 0 aliphatic heterocycles. The minimum Gasteiger partial charge on any atom is -0.490 e. The quantitative estimate of drug-likeness (QED) is 0.713. The zero-order chi connectivity index (χ0) is 19.8. The molecule has 1 amide bonds. The summed E-state index contributed by atoms with van der Waals surface area (Å²) in [5, 5.41) is 2.69. The predicted octanol–water partition coefficient (Wildman–Crippen LogP) is 3.90. The van der Waals surface area contributed by atoms with Gasteiger partial charge in [0.15, 0.2) is 18.1 Å². The normalized spacial score (nSPS) is 10.2. The van der Waals surface area contributed by atoms with Crippen molar-refractivity contribution in [3.05, 3.63) is 53.1 Å². The fourth-order valence-corrected chi connectivity index (χ4v) is 2.41. The van der Waals surface area contributed by atoms with Gasteiger partial charge in [0.1, 0.15) is 0 Å². The van der Waals surface area contributed by atoms with Gasteiger partial charge in [-0.2, -0.15) is 0 Å². The molecule has 2 aromatic rings. The van der Waals surface area contributed by atoms with E-state index in [1.807, 2.05) is 33.8 Å². The summed E-state index contributed by atoms with van der Waals surface area (Å²) in [7, 11) is 0. The molecule has 2 aromatic carbocycles. The van der Waals surface area contributed by atoms with Crippen molar-refractivity contribution in [2.75, 3.05) is 25.1 Å².